The van der Waals surface area contributed by atoms with Gasteiger partial charge in [-0.05, 0) is 57.2 Å². The second-order valence-electron chi connectivity index (χ2n) is 9.63. The van der Waals surface area contributed by atoms with E-state index in [-0.39, 0.29) is 16.9 Å². The highest BCUT2D eigenvalue weighted by Crippen LogP contribution is 2.26. The highest BCUT2D eigenvalue weighted by Gasteiger charge is 2.21. The number of carbonyl (C=O) groups excluding carboxylic acids is 2. The van der Waals surface area contributed by atoms with Crippen LogP contribution >= 0.6 is 0 Å². The van der Waals surface area contributed by atoms with E-state index in [0.29, 0.717) is 31.7 Å². The highest BCUT2D eigenvalue weighted by molar-refractivity contribution is 6.08. The molecule has 0 atom stereocenters. The first-order valence-electron chi connectivity index (χ1n) is 11.7. The molecule has 0 bridgehead atoms. The molecule has 11 heteroatoms. The summed E-state index contributed by atoms with van der Waals surface area (Å²) in [5.41, 5.74) is 1.38. The maximum Gasteiger partial charge on any atom is 0.412 e. The first kappa shape index (κ1) is 25.7. The van der Waals surface area contributed by atoms with Gasteiger partial charge in [0.05, 0.1) is 22.5 Å². The summed E-state index contributed by atoms with van der Waals surface area (Å²) in [7, 11) is 0. The van der Waals surface area contributed by atoms with Crippen LogP contribution in [0.25, 0.3) is 10.9 Å². The zero-order chi connectivity index (χ0) is 26.7. The van der Waals surface area contributed by atoms with Gasteiger partial charge in [0.1, 0.15) is 11.4 Å². The van der Waals surface area contributed by atoms with E-state index < -0.39 is 29.5 Å². The van der Waals surface area contributed by atoms with E-state index in [4.69, 9.17) is 9.84 Å². The smallest absolute Gasteiger partial charge is 0.412 e. The van der Waals surface area contributed by atoms with Crippen LogP contribution in [0.5, 0.6) is 0 Å². The largest absolute Gasteiger partial charge is 0.465 e. The number of hydrogen-bond donors (Lipinski definition) is 3. The van der Waals surface area contributed by atoms with Crippen LogP contribution in [0.15, 0.2) is 48.7 Å². The van der Waals surface area contributed by atoms with Gasteiger partial charge in [-0.2, -0.15) is 0 Å². The molecule has 0 saturated carbocycles. The van der Waals surface area contributed by atoms with Gasteiger partial charge >= 0.3 is 12.2 Å². The summed E-state index contributed by atoms with van der Waals surface area (Å²) in [5, 5.41) is 15.0. The number of carbonyl (C=O) groups is 3. The van der Waals surface area contributed by atoms with Gasteiger partial charge in [0, 0.05) is 43.4 Å². The number of halogens is 1. The number of aromatic nitrogens is 1. The molecule has 4 rings (SSSR count). The first-order valence-corrected chi connectivity index (χ1v) is 11.7. The maximum atomic E-state index is 13.9. The number of amides is 3. The van der Waals surface area contributed by atoms with E-state index in [1.807, 2.05) is 18.2 Å². The standard InChI is InChI=1S/C26H28FN5O5/c1-26(2,3)37-24(34)30-20-7-5-18(27)13-22(20)29-23(33)17-12-16-4-6-19(14-21(16)28-15-17)31-8-10-32(11-9-31)25(35)36/h4-7,12-15H,8-11H2,1-3H3,(H,29,33)(H,30,34)(H,35,36). The Kier molecular flexibility index (Phi) is 7.14. The van der Waals surface area contributed by atoms with Crippen LogP contribution in [0.4, 0.5) is 31.0 Å². The zero-order valence-corrected chi connectivity index (χ0v) is 20.7. The minimum Gasteiger partial charge on any atom is -0.465 e. The van der Waals surface area contributed by atoms with Crippen molar-refractivity contribution >= 4 is 46.1 Å². The zero-order valence-electron chi connectivity index (χ0n) is 20.7. The SMILES string of the molecule is CC(C)(C)OC(=O)Nc1ccc(F)cc1NC(=O)c1cnc2cc(N3CCN(C(=O)O)CC3)ccc2c1. The average Bonchev–Trinajstić information content (AvgIpc) is 2.84. The fourth-order valence-electron chi connectivity index (χ4n) is 3.92. The predicted molar refractivity (Wildman–Crippen MR) is 138 cm³/mol. The number of nitrogens with zero attached hydrogens (tertiary/aromatic N) is 3. The van der Waals surface area contributed by atoms with E-state index in [0.717, 1.165) is 17.1 Å². The average molecular weight is 510 g/mol. The van der Waals surface area contributed by atoms with Crippen molar-refractivity contribution < 1.29 is 28.6 Å². The minimum absolute atomic E-state index is 0.0757. The fourth-order valence-corrected chi connectivity index (χ4v) is 3.92. The van der Waals surface area contributed by atoms with Crippen molar-refractivity contribution in [3.63, 3.8) is 0 Å². The van der Waals surface area contributed by atoms with E-state index in [1.165, 1.54) is 23.2 Å². The lowest BCUT2D eigenvalue weighted by Crippen LogP contribution is -2.48. The number of pyridine rings is 1. The van der Waals surface area contributed by atoms with Gasteiger partial charge in [-0.1, -0.05) is 6.07 Å². The van der Waals surface area contributed by atoms with Crippen LogP contribution in [0.3, 0.4) is 0 Å². The summed E-state index contributed by atoms with van der Waals surface area (Å²) in [4.78, 5) is 44.1. The van der Waals surface area contributed by atoms with Gasteiger partial charge in [0.25, 0.3) is 5.91 Å². The van der Waals surface area contributed by atoms with Crippen LogP contribution in [0.1, 0.15) is 31.1 Å². The molecule has 3 aromatic rings. The minimum atomic E-state index is -0.920. The van der Waals surface area contributed by atoms with Crippen LogP contribution in [-0.4, -0.2) is 64.9 Å². The van der Waals surface area contributed by atoms with E-state index in [9.17, 15) is 18.8 Å². The molecule has 0 radical (unpaired) electrons. The van der Waals surface area contributed by atoms with Gasteiger partial charge in [0.2, 0.25) is 0 Å². The molecule has 0 unspecified atom stereocenters. The van der Waals surface area contributed by atoms with Crippen LogP contribution in [0.2, 0.25) is 0 Å². The van der Waals surface area contributed by atoms with E-state index in [1.54, 1.807) is 26.8 Å². The highest BCUT2D eigenvalue weighted by atomic mass is 19.1. The Hall–Kier alpha value is -4.41. The predicted octanol–water partition coefficient (Wildman–Crippen LogP) is 4.77. The second kappa shape index (κ2) is 10.3. The summed E-state index contributed by atoms with van der Waals surface area (Å²) >= 11 is 0. The lowest BCUT2D eigenvalue weighted by Gasteiger charge is -2.34. The second-order valence-corrected chi connectivity index (χ2v) is 9.63. The molecule has 10 nitrogen and oxygen atoms in total. The molecular formula is C26H28FN5O5. The summed E-state index contributed by atoms with van der Waals surface area (Å²) < 4.78 is 19.2. The molecule has 1 saturated heterocycles. The Labute approximate surface area is 213 Å². The van der Waals surface area contributed by atoms with Gasteiger partial charge < -0.3 is 25.0 Å². The fraction of sp³-hybridized carbons (Fsp3) is 0.308. The van der Waals surface area contributed by atoms with Crippen LogP contribution in [0, 0.1) is 5.82 Å². The number of fused-ring (bicyclic) bond motifs is 1. The summed E-state index contributed by atoms with van der Waals surface area (Å²) in [5.74, 6) is -1.11. The monoisotopic (exact) mass is 509 g/mol. The third kappa shape index (κ3) is 6.43. The third-order valence-corrected chi connectivity index (χ3v) is 5.71. The van der Waals surface area contributed by atoms with Crippen molar-refractivity contribution in [2.45, 2.75) is 26.4 Å². The van der Waals surface area contributed by atoms with E-state index in [2.05, 4.69) is 20.5 Å². The Morgan fingerprint density at radius 3 is 2.38 bits per heavy atom. The van der Waals surface area contributed by atoms with Gasteiger partial charge in [-0.3, -0.25) is 15.1 Å². The number of anilines is 3. The molecule has 0 aliphatic carbocycles. The van der Waals surface area contributed by atoms with Crippen LogP contribution < -0.4 is 15.5 Å². The molecule has 1 aliphatic heterocycles. The number of hydrogen-bond acceptors (Lipinski definition) is 6. The van der Waals surface area contributed by atoms with Crippen molar-refractivity contribution in [1.29, 1.82) is 0 Å². The molecule has 2 aromatic carbocycles. The molecule has 194 valence electrons. The summed E-state index contributed by atoms with van der Waals surface area (Å²) in [6.07, 6.45) is -0.233. The molecule has 2 heterocycles. The van der Waals surface area contributed by atoms with Crippen molar-refractivity contribution in [3.05, 3.63) is 60.0 Å². The van der Waals surface area contributed by atoms with E-state index >= 15 is 0 Å². The lowest BCUT2D eigenvalue weighted by atomic mass is 10.1. The Morgan fingerprint density at radius 2 is 1.70 bits per heavy atom. The molecule has 3 amide bonds. The quantitative estimate of drug-likeness (QED) is 0.463. The van der Waals surface area contributed by atoms with Gasteiger partial charge in [-0.15, -0.1) is 0 Å². The number of piperazine rings is 1. The molecule has 1 aliphatic rings. The first-order chi connectivity index (χ1) is 17.5. The van der Waals surface area contributed by atoms with Crippen molar-refractivity contribution in [1.82, 2.24) is 9.88 Å². The number of benzene rings is 2. The third-order valence-electron chi connectivity index (χ3n) is 5.71. The summed E-state index contributed by atoms with van der Waals surface area (Å²) in [6, 6.07) is 10.9. The normalized spacial score (nSPS) is 13.8. The summed E-state index contributed by atoms with van der Waals surface area (Å²) in [6.45, 7) is 7.14. The number of rotatable bonds is 4. The number of carboxylic acid groups (broad SMARTS) is 1. The maximum absolute atomic E-state index is 13.9. The lowest BCUT2D eigenvalue weighted by molar-refractivity contribution is 0.0635. The van der Waals surface area contributed by atoms with Crippen molar-refractivity contribution in [2.24, 2.45) is 0 Å². The van der Waals surface area contributed by atoms with Crippen molar-refractivity contribution in [3.8, 4) is 0 Å². The Morgan fingerprint density at radius 1 is 0.973 bits per heavy atom. The topological polar surface area (TPSA) is 124 Å². The van der Waals surface area contributed by atoms with Gasteiger partial charge in [-0.25, -0.2) is 14.0 Å². The van der Waals surface area contributed by atoms with Crippen LogP contribution in [-0.2, 0) is 4.74 Å². The molecule has 1 aromatic heterocycles. The Bertz CT molecular complexity index is 1350. The van der Waals surface area contributed by atoms with Crippen molar-refractivity contribution in [2.75, 3.05) is 41.7 Å². The molecule has 1 fully saturated rings. The number of nitrogens with one attached hydrogen (secondary N) is 2. The van der Waals surface area contributed by atoms with Gasteiger partial charge in [0.15, 0.2) is 0 Å². The molecule has 3 N–H and O–H groups in total. The Balaban J connectivity index is 1.49. The number of ether oxygens (including phenoxy) is 1. The molecular weight excluding hydrogens is 481 g/mol. The molecule has 37 heavy (non-hydrogen) atoms. The molecule has 0 spiro atoms.